The summed E-state index contributed by atoms with van der Waals surface area (Å²) in [5, 5.41) is 2.02. The number of nitrogens with one attached hydrogen (secondary N) is 1. The van der Waals surface area contributed by atoms with Crippen molar-refractivity contribution >= 4 is 21.4 Å². The Morgan fingerprint density at radius 3 is 2.62 bits per heavy atom. The molecular weight excluding hydrogens is 328 g/mol. The summed E-state index contributed by atoms with van der Waals surface area (Å²) in [5.41, 5.74) is 1.33. The summed E-state index contributed by atoms with van der Waals surface area (Å²) in [7, 11) is -3.42. The lowest BCUT2D eigenvalue weighted by Gasteiger charge is -2.12. The second-order valence-corrected chi connectivity index (χ2v) is 8.23. The summed E-state index contributed by atoms with van der Waals surface area (Å²) in [5.74, 6) is 0.165. The van der Waals surface area contributed by atoms with Crippen molar-refractivity contribution in [1.29, 1.82) is 0 Å². The minimum absolute atomic E-state index is 0.523. The number of nitrogens with zero attached hydrogens (tertiary/aromatic N) is 1. The van der Waals surface area contributed by atoms with Gasteiger partial charge in [-0.3, -0.25) is 9.78 Å². The molecule has 0 aliphatic rings. The first-order chi connectivity index (χ1) is 11.3. The molecule has 6 nitrogen and oxygen atoms in total. The Labute approximate surface area is 141 Å². The maximum Gasteiger partial charge on any atom is 0.239 e. The number of anilines is 1. The highest BCUT2D eigenvalue weighted by molar-refractivity contribution is 7.92. The number of ether oxygens (including phenoxy) is 1. The third-order valence-electron chi connectivity index (χ3n) is 3.37. The number of aromatic nitrogens is 1. The molecule has 2 rings (SSSR count). The van der Waals surface area contributed by atoms with Crippen LogP contribution in [0, 0.1) is 6.92 Å². The highest BCUT2D eigenvalue weighted by atomic mass is 32.2. The minimum Gasteiger partial charge on any atom is -0.455 e. The molecule has 0 fully saturated rings. The molecule has 1 heterocycles. The average molecular weight is 348 g/mol. The summed E-state index contributed by atoms with van der Waals surface area (Å²) in [6, 6.07) is 8.67. The molecule has 2 aromatic rings. The number of carbonyl (C=O) groups is 1. The van der Waals surface area contributed by atoms with Crippen LogP contribution in [-0.2, 0) is 14.6 Å². The lowest BCUT2D eigenvalue weighted by Crippen LogP contribution is -2.27. The van der Waals surface area contributed by atoms with Gasteiger partial charge in [-0.05, 0) is 56.7 Å². The number of rotatable bonds is 6. The largest absolute Gasteiger partial charge is 0.455 e. The number of hydrogen-bond donors (Lipinski definition) is 1. The molecule has 0 saturated carbocycles. The smallest absolute Gasteiger partial charge is 0.239 e. The van der Waals surface area contributed by atoms with Crippen LogP contribution in [0.15, 0.2) is 42.7 Å². The van der Waals surface area contributed by atoms with Crippen molar-refractivity contribution in [3.05, 3.63) is 48.3 Å². The standard InChI is InChI=1S/C17H20N2O4S/c1-12(2)24(21,22)11-17(20)19-14-6-7-16(13(3)9-14)23-15-5-4-8-18-10-15/h4-10,12H,11H2,1-3H3,(H,19,20). The molecule has 24 heavy (non-hydrogen) atoms. The highest BCUT2D eigenvalue weighted by Gasteiger charge is 2.20. The van der Waals surface area contributed by atoms with E-state index in [9.17, 15) is 13.2 Å². The quantitative estimate of drug-likeness (QED) is 0.867. The van der Waals surface area contributed by atoms with E-state index >= 15 is 0 Å². The molecule has 1 aromatic carbocycles. The maximum atomic E-state index is 11.9. The molecule has 0 unspecified atom stereocenters. The first-order valence-corrected chi connectivity index (χ1v) is 9.19. The predicted octanol–water partition coefficient (Wildman–Crippen LogP) is 2.94. The zero-order valence-electron chi connectivity index (χ0n) is 13.8. The van der Waals surface area contributed by atoms with Crippen molar-refractivity contribution in [2.75, 3.05) is 11.1 Å². The van der Waals surface area contributed by atoms with E-state index < -0.39 is 26.7 Å². The molecule has 7 heteroatoms. The van der Waals surface area contributed by atoms with Crippen LogP contribution in [0.1, 0.15) is 19.4 Å². The summed E-state index contributed by atoms with van der Waals surface area (Å²) < 4.78 is 29.2. The average Bonchev–Trinajstić information content (AvgIpc) is 2.50. The first-order valence-electron chi connectivity index (χ1n) is 7.48. The van der Waals surface area contributed by atoms with E-state index in [1.807, 2.05) is 6.92 Å². The number of sulfone groups is 1. The van der Waals surface area contributed by atoms with Gasteiger partial charge < -0.3 is 10.1 Å². The summed E-state index contributed by atoms with van der Waals surface area (Å²) in [6.45, 7) is 4.95. The Bertz CT molecular complexity index is 818. The van der Waals surface area contributed by atoms with Gasteiger partial charge >= 0.3 is 0 Å². The normalized spacial score (nSPS) is 11.3. The second kappa shape index (κ2) is 7.44. The Morgan fingerprint density at radius 2 is 2.04 bits per heavy atom. The molecule has 1 amide bonds. The Kier molecular flexibility index (Phi) is 5.56. The first kappa shape index (κ1) is 17.9. The van der Waals surface area contributed by atoms with Crippen LogP contribution in [0.5, 0.6) is 11.5 Å². The molecule has 1 N–H and O–H groups in total. The molecule has 0 bridgehead atoms. The fourth-order valence-corrected chi connectivity index (χ4v) is 2.69. The Hall–Kier alpha value is -2.41. The van der Waals surface area contributed by atoms with Crippen LogP contribution in [0.3, 0.4) is 0 Å². The summed E-state index contributed by atoms with van der Waals surface area (Å²) >= 11 is 0. The Morgan fingerprint density at radius 1 is 1.29 bits per heavy atom. The van der Waals surface area contributed by atoms with Gasteiger partial charge in [-0.15, -0.1) is 0 Å². The van der Waals surface area contributed by atoms with Crippen LogP contribution in [-0.4, -0.2) is 30.3 Å². The van der Waals surface area contributed by atoms with Crippen LogP contribution in [0.2, 0.25) is 0 Å². The van der Waals surface area contributed by atoms with Gasteiger partial charge in [-0.2, -0.15) is 0 Å². The molecule has 0 aliphatic carbocycles. The lowest BCUT2D eigenvalue weighted by atomic mass is 10.2. The van der Waals surface area contributed by atoms with Crippen LogP contribution < -0.4 is 10.1 Å². The van der Waals surface area contributed by atoms with Crippen molar-refractivity contribution in [2.24, 2.45) is 0 Å². The topological polar surface area (TPSA) is 85.4 Å². The van der Waals surface area contributed by atoms with Gasteiger partial charge in [0.25, 0.3) is 0 Å². The van der Waals surface area contributed by atoms with Crippen molar-refractivity contribution in [2.45, 2.75) is 26.0 Å². The molecule has 0 aliphatic heterocycles. The predicted molar refractivity (Wildman–Crippen MR) is 93.0 cm³/mol. The van der Waals surface area contributed by atoms with E-state index in [1.165, 1.54) is 0 Å². The molecule has 1 aromatic heterocycles. The molecular formula is C17H20N2O4S. The zero-order chi connectivity index (χ0) is 17.7. The number of carbonyl (C=O) groups excluding carboxylic acids is 1. The van der Waals surface area contributed by atoms with E-state index in [4.69, 9.17) is 4.74 Å². The fourth-order valence-electron chi connectivity index (χ4n) is 1.92. The second-order valence-electron chi connectivity index (χ2n) is 5.68. The summed E-state index contributed by atoms with van der Waals surface area (Å²) in [4.78, 5) is 15.9. The minimum atomic E-state index is -3.42. The van der Waals surface area contributed by atoms with Crippen molar-refractivity contribution < 1.29 is 17.9 Å². The van der Waals surface area contributed by atoms with E-state index in [-0.39, 0.29) is 0 Å². The Balaban J connectivity index is 2.06. The SMILES string of the molecule is Cc1cc(NC(=O)CS(=O)(=O)C(C)C)ccc1Oc1cccnc1. The third-order valence-corrected chi connectivity index (χ3v) is 5.47. The molecule has 128 valence electrons. The van der Waals surface area contributed by atoms with Crippen molar-refractivity contribution in [1.82, 2.24) is 4.98 Å². The number of benzene rings is 1. The van der Waals surface area contributed by atoms with Gasteiger partial charge in [-0.1, -0.05) is 0 Å². The van der Waals surface area contributed by atoms with E-state index in [1.54, 1.807) is 56.6 Å². The monoisotopic (exact) mass is 348 g/mol. The number of amides is 1. The highest BCUT2D eigenvalue weighted by Crippen LogP contribution is 2.26. The maximum absolute atomic E-state index is 11.9. The van der Waals surface area contributed by atoms with Gasteiger partial charge in [0, 0.05) is 11.9 Å². The van der Waals surface area contributed by atoms with Crippen LogP contribution >= 0.6 is 0 Å². The number of pyridine rings is 1. The van der Waals surface area contributed by atoms with Crippen LogP contribution in [0.25, 0.3) is 0 Å². The molecule has 0 saturated heterocycles. The third kappa shape index (κ3) is 4.79. The zero-order valence-corrected chi connectivity index (χ0v) is 14.6. The summed E-state index contributed by atoms with van der Waals surface area (Å²) in [6.07, 6.45) is 3.26. The van der Waals surface area contributed by atoms with Crippen molar-refractivity contribution in [3.8, 4) is 11.5 Å². The molecule has 0 radical (unpaired) electrons. The van der Waals surface area contributed by atoms with Gasteiger partial charge in [-0.25, -0.2) is 8.42 Å². The van der Waals surface area contributed by atoms with Gasteiger partial charge in [0.15, 0.2) is 9.84 Å². The van der Waals surface area contributed by atoms with Crippen molar-refractivity contribution in [3.63, 3.8) is 0 Å². The van der Waals surface area contributed by atoms with Gasteiger partial charge in [0.2, 0.25) is 5.91 Å². The van der Waals surface area contributed by atoms with Gasteiger partial charge in [0.05, 0.1) is 11.4 Å². The fraction of sp³-hybridized carbons (Fsp3) is 0.294. The van der Waals surface area contributed by atoms with E-state index in [0.29, 0.717) is 17.2 Å². The number of hydrogen-bond acceptors (Lipinski definition) is 5. The van der Waals surface area contributed by atoms with Gasteiger partial charge in [0.1, 0.15) is 17.3 Å². The lowest BCUT2D eigenvalue weighted by molar-refractivity contribution is -0.113. The molecule has 0 spiro atoms. The van der Waals surface area contributed by atoms with E-state index in [2.05, 4.69) is 10.3 Å². The number of aryl methyl sites for hydroxylation is 1. The van der Waals surface area contributed by atoms with Crippen LogP contribution in [0.4, 0.5) is 5.69 Å². The van der Waals surface area contributed by atoms with E-state index in [0.717, 1.165) is 5.56 Å². The molecule has 0 atom stereocenters.